The van der Waals surface area contributed by atoms with Crippen molar-refractivity contribution in [1.82, 2.24) is 4.98 Å². The van der Waals surface area contributed by atoms with Gasteiger partial charge < -0.3 is 14.6 Å². The summed E-state index contributed by atoms with van der Waals surface area (Å²) in [5.74, 6) is -1.30. The highest BCUT2D eigenvalue weighted by Gasteiger charge is 2.48. The van der Waals surface area contributed by atoms with Crippen molar-refractivity contribution in [1.29, 1.82) is 0 Å². The van der Waals surface area contributed by atoms with Gasteiger partial charge in [0.05, 0.1) is 36.1 Å². The number of aliphatic hydroxyl groups excluding tert-OH is 1. The van der Waals surface area contributed by atoms with Gasteiger partial charge in [-0.2, -0.15) is 0 Å². The van der Waals surface area contributed by atoms with Crippen molar-refractivity contribution in [3.05, 3.63) is 89.2 Å². The van der Waals surface area contributed by atoms with Gasteiger partial charge >= 0.3 is 5.91 Å². The lowest BCUT2D eigenvalue weighted by molar-refractivity contribution is -0.132. The number of rotatable bonds is 5. The zero-order chi connectivity index (χ0) is 24.7. The van der Waals surface area contributed by atoms with Gasteiger partial charge in [0.25, 0.3) is 5.78 Å². The van der Waals surface area contributed by atoms with E-state index < -0.39 is 23.5 Å². The predicted octanol–water partition coefficient (Wildman–Crippen LogP) is 5.08. The van der Waals surface area contributed by atoms with E-state index in [0.717, 1.165) is 4.70 Å². The summed E-state index contributed by atoms with van der Waals surface area (Å²) in [5.41, 5.74) is 1.31. The van der Waals surface area contributed by atoms with Gasteiger partial charge in [0.1, 0.15) is 23.1 Å². The van der Waals surface area contributed by atoms with E-state index in [-0.39, 0.29) is 16.5 Å². The summed E-state index contributed by atoms with van der Waals surface area (Å²) in [7, 11) is 3.07. The molecule has 176 valence electrons. The molecule has 0 spiro atoms. The Bertz CT molecular complexity index is 1480. The highest BCUT2D eigenvalue weighted by molar-refractivity contribution is 7.22. The molecule has 1 fully saturated rings. The van der Waals surface area contributed by atoms with Crippen LogP contribution in [-0.4, -0.2) is 36.0 Å². The molecule has 4 aromatic rings. The molecule has 1 aliphatic rings. The molecular formula is C26H19FN2O5S. The number of aliphatic hydroxyl groups is 1. The summed E-state index contributed by atoms with van der Waals surface area (Å²) in [4.78, 5) is 32.3. The number of anilines is 1. The average Bonchev–Trinajstić information content (AvgIpc) is 3.41. The van der Waals surface area contributed by atoms with Crippen LogP contribution in [0.2, 0.25) is 0 Å². The van der Waals surface area contributed by atoms with Crippen molar-refractivity contribution < 1.29 is 28.6 Å². The number of carbonyl (C=O) groups is 2. The molecule has 0 saturated carbocycles. The Morgan fingerprint density at radius 2 is 1.63 bits per heavy atom. The maximum atomic E-state index is 13.7. The molecule has 2 heterocycles. The number of amides is 1. The Morgan fingerprint density at radius 1 is 0.971 bits per heavy atom. The van der Waals surface area contributed by atoms with E-state index in [0.29, 0.717) is 28.1 Å². The molecule has 7 nitrogen and oxygen atoms in total. The monoisotopic (exact) mass is 490 g/mol. The SMILES string of the molecule is COc1ccc(/C(O)=C2\C(=O)C(=O)N(c3nc4ccc(OC)cc4s3)C2c2ccc(F)cc2)cc1. The lowest BCUT2D eigenvalue weighted by Crippen LogP contribution is -2.29. The highest BCUT2D eigenvalue weighted by atomic mass is 32.1. The summed E-state index contributed by atoms with van der Waals surface area (Å²) >= 11 is 1.21. The summed E-state index contributed by atoms with van der Waals surface area (Å²) in [6, 6.07) is 16.2. The molecule has 1 saturated heterocycles. The van der Waals surface area contributed by atoms with Crippen LogP contribution in [0.1, 0.15) is 17.2 Å². The zero-order valence-electron chi connectivity index (χ0n) is 18.7. The fourth-order valence-electron chi connectivity index (χ4n) is 4.02. The van der Waals surface area contributed by atoms with Crippen LogP contribution in [0.4, 0.5) is 9.52 Å². The number of ether oxygens (including phenoxy) is 2. The third kappa shape index (κ3) is 3.89. The fraction of sp³-hybridized carbons (Fsp3) is 0.115. The molecule has 1 aromatic heterocycles. The number of carbonyl (C=O) groups excluding carboxylic acids is 2. The predicted molar refractivity (Wildman–Crippen MR) is 130 cm³/mol. The molecule has 5 rings (SSSR count). The molecule has 1 unspecified atom stereocenters. The lowest BCUT2D eigenvalue weighted by Gasteiger charge is -2.23. The van der Waals surface area contributed by atoms with Crippen LogP contribution >= 0.6 is 11.3 Å². The second-order valence-corrected chi connectivity index (χ2v) is 8.79. The number of hydrogen-bond acceptors (Lipinski definition) is 7. The molecule has 35 heavy (non-hydrogen) atoms. The largest absolute Gasteiger partial charge is 0.507 e. The van der Waals surface area contributed by atoms with E-state index in [9.17, 15) is 19.1 Å². The third-order valence-corrected chi connectivity index (χ3v) is 6.80. The van der Waals surface area contributed by atoms with Gasteiger partial charge in [0.15, 0.2) is 5.13 Å². The summed E-state index contributed by atoms with van der Waals surface area (Å²) in [6.07, 6.45) is 0. The molecule has 9 heteroatoms. The quantitative estimate of drug-likeness (QED) is 0.239. The van der Waals surface area contributed by atoms with Crippen molar-refractivity contribution in [2.24, 2.45) is 0 Å². The molecule has 0 aliphatic carbocycles. The van der Waals surface area contributed by atoms with Gasteiger partial charge in [-0.05, 0) is 60.2 Å². The van der Waals surface area contributed by atoms with Crippen molar-refractivity contribution in [3.63, 3.8) is 0 Å². The van der Waals surface area contributed by atoms with Gasteiger partial charge in [0, 0.05) is 5.56 Å². The third-order valence-electron chi connectivity index (χ3n) is 5.78. The summed E-state index contributed by atoms with van der Waals surface area (Å²) in [5, 5.41) is 11.4. The Morgan fingerprint density at radius 3 is 2.29 bits per heavy atom. The Hall–Kier alpha value is -4.24. The first-order chi connectivity index (χ1) is 16.9. The average molecular weight is 491 g/mol. The van der Waals surface area contributed by atoms with Crippen molar-refractivity contribution in [3.8, 4) is 11.5 Å². The van der Waals surface area contributed by atoms with Crippen LogP contribution in [0.3, 0.4) is 0 Å². The van der Waals surface area contributed by atoms with Crippen LogP contribution in [0.15, 0.2) is 72.3 Å². The van der Waals surface area contributed by atoms with Crippen LogP contribution < -0.4 is 14.4 Å². The second kappa shape index (κ2) is 8.84. The van der Waals surface area contributed by atoms with E-state index >= 15 is 0 Å². The maximum Gasteiger partial charge on any atom is 0.301 e. The minimum atomic E-state index is -1.000. The Kier molecular flexibility index (Phi) is 5.70. The fourth-order valence-corrected chi connectivity index (χ4v) is 5.04. The van der Waals surface area contributed by atoms with Gasteiger partial charge in [-0.3, -0.25) is 14.5 Å². The molecule has 1 amide bonds. The summed E-state index contributed by atoms with van der Waals surface area (Å²) < 4.78 is 24.9. The number of benzene rings is 3. The van der Waals surface area contributed by atoms with Crippen molar-refractivity contribution in [2.75, 3.05) is 19.1 Å². The van der Waals surface area contributed by atoms with Gasteiger partial charge in [-0.15, -0.1) is 0 Å². The van der Waals surface area contributed by atoms with Gasteiger partial charge in [-0.1, -0.05) is 23.5 Å². The number of Topliss-reactive ketones (excluding diaryl/α,β-unsaturated/α-hetero) is 1. The van der Waals surface area contributed by atoms with Crippen LogP contribution in [0.25, 0.3) is 16.0 Å². The normalized spacial score (nSPS) is 17.2. The first-order valence-corrected chi connectivity index (χ1v) is 11.4. The van der Waals surface area contributed by atoms with Crippen LogP contribution in [0, 0.1) is 5.82 Å². The smallest absolute Gasteiger partial charge is 0.301 e. The number of thiazole rings is 1. The number of fused-ring (bicyclic) bond motifs is 1. The van der Waals surface area contributed by atoms with Crippen molar-refractivity contribution >= 4 is 44.1 Å². The topological polar surface area (TPSA) is 89.0 Å². The number of ketones is 1. The first-order valence-electron chi connectivity index (χ1n) is 10.6. The molecular weight excluding hydrogens is 471 g/mol. The maximum absolute atomic E-state index is 13.7. The lowest BCUT2D eigenvalue weighted by atomic mass is 9.95. The Balaban J connectivity index is 1.69. The van der Waals surface area contributed by atoms with E-state index in [4.69, 9.17) is 9.47 Å². The Labute approximate surface area is 203 Å². The highest BCUT2D eigenvalue weighted by Crippen LogP contribution is 2.44. The van der Waals surface area contributed by atoms with Gasteiger partial charge in [0.2, 0.25) is 0 Å². The number of halogens is 1. The molecule has 3 aromatic carbocycles. The minimum absolute atomic E-state index is 0.108. The van der Waals surface area contributed by atoms with Crippen LogP contribution in [0.5, 0.6) is 11.5 Å². The second-order valence-electron chi connectivity index (χ2n) is 7.78. The van der Waals surface area contributed by atoms with E-state index in [1.165, 1.54) is 47.6 Å². The molecule has 1 aliphatic heterocycles. The molecule has 1 atom stereocenters. The van der Waals surface area contributed by atoms with E-state index in [1.54, 1.807) is 49.6 Å². The van der Waals surface area contributed by atoms with Crippen LogP contribution in [-0.2, 0) is 9.59 Å². The number of nitrogens with zero attached hydrogens (tertiary/aromatic N) is 2. The van der Waals surface area contributed by atoms with Gasteiger partial charge in [-0.25, -0.2) is 9.37 Å². The standard InChI is InChI=1S/C26H19FN2O5S/c1-33-17-9-5-15(6-10-17)23(30)21-22(14-3-7-16(27)8-4-14)29(25(32)24(21)31)26-28-19-12-11-18(34-2)13-20(19)35-26/h3-13,22,30H,1-2H3/b23-21+. The summed E-state index contributed by atoms with van der Waals surface area (Å²) in [6.45, 7) is 0. The number of methoxy groups -OCH3 is 2. The van der Waals surface area contributed by atoms with E-state index in [2.05, 4.69) is 4.98 Å². The number of hydrogen-bond donors (Lipinski definition) is 1. The van der Waals surface area contributed by atoms with E-state index in [1.807, 2.05) is 0 Å². The molecule has 0 radical (unpaired) electrons. The molecule has 1 N–H and O–H groups in total. The number of aromatic nitrogens is 1. The minimum Gasteiger partial charge on any atom is -0.507 e. The zero-order valence-corrected chi connectivity index (χ0v) is 19.5. The van der Waals surface area contributed by atoms with Crippen molar-refractivity contribution in [2.45, 2.75) is 6.04 Å². The first kappa shape index (κ1) is 22.5. The molecule has 0 bridgehead atoms.